The van der Waals surface area contributed by atoms with Crippen molar-refractivity contribution in [2.75, 3.05) is 29.1 Å². The molecule has 0 saturated carbocycles. The minimum absolute atomic E-state index is 0.00555. The number of alkyl halides is 3. The molecular formula is C12H14F3NO2S3. The van der Waals surface area contributed by atoms with Crippen molar-refractivity contribution in [3.8, 4) is 0 Å². The molecule has 3 nitrogen and oxygen atoms in total. The Hall–Kier alpha value is -0.540. The van der Waals surface area contributed by atoms with Crippen LogP contribution in [0, 0.1) is 0 Å². The van der Waals surface area contributed by atoms with Gasteiger partial charge in [0.15, 0.2) is 0 Å². The smallest absolute Gasteiger partial charge is 0.383 e. The molecule has 1 saturated heterocycles. The molecule has 1 aliphatic rings. The first-order valence-corrected chi connectivity index (χ1v) is 9.84. The minimum atomic E-state index is -5.33. The second kappa shape index (κ2) is 6.70. The Labute approximate surface area is 130 Å². The largest absolute Gasteiger partial charge is 0.501 e. The fraction of sp³-hybridized carbons (Fsp3) is 0.500. The summed E-state index contributed by atoms with van der Waals surface area (Å²) in [4.78, 5) is -0.717. The topological polar surface area (TPSA) is 46.2 Å². The standard InChI is InChI=1S/C12H14F3NO2S3/c13-12(14,15)21(17,18)11-4-2-1-3-10(11)16-7-9-8-19-5-6-20-9/h1-4,9,16H,5-8H2. The predicted octanol–water partition coefficient (Wildman–Crippen LogP) is 3.24. The summed E-state index contributed by atoms with van der Waals surface area (Å²) in [6.45, 7) is 0.446. The molecule has 2 rings (SSSR count). The Bertz CT molecular complexity index is 584. The molecule has 0 bridgehead atoms. The number of sulfone groups is 1. The van der Waals surface area contributed by atoms with Gasteiger partial charge in [-0.15, -0.1) is 0 Å². The number of thioether (sulfide) groups is 2. The highest BCUT2D eigenvalue weighted by Gasteiger charge is 2.47. The van der Waals surface area contributed by atoms with E-state index in [1.54, 1.807) is 23.5 Å². The summed E-state index contributed by atoms with van der Waals surface area (Å²) in [6, 6.07) is 5.14. The molecular weight excluding hydrogens is 343 g/mol. The molecule has 9 heteroatoms. The summed E-state index contributed by atoms with van der Waals surface area (Å²) in [7, 11) is -5.33. The van der Waals surface area contributed by atoms with Crippen LogP contribution in [0.1, 0.15) is 0 Å². The van der Waals surface area contributed by atoms with Crippen molar-refractivity contribution >= 4 is 39.0 Å². The van der Waals surface area contributed by atoms with Crippen LogP contribution in [0.4, 0.5) is 18.9 Å². The van der Waals surface area contributed by atoms with E-state index in [4.69, 9.17) is 0 Å². The van der Waals surface area contributed by atoms with Crippen molar-refractivity contribution in [1.82, 2.24) is 0 Å². The van der Waals surface area contributed by atoms with Gasteiger partial charge in [0.05, 0.1) is 10.6 Å². The average Bonchev–Trinajstić information content (AvgIpc) is 2.45. The van der Waals surface area contributed by atoms with Gasteiger partial charge in [-0.3, -0.25) is 0 Å². The minimum Gasteiger partial charge on any atom is -0.383 e. The van der Waals surface area contributed by atoms with Gasteiger partial charge in [0.1, 0.15) is 0 Å². The molecule has 1 aliphatic heterocycles. The van der Waals surface area contributed by atoms with Gasteiger partial charge in [-0.05, 0) is 12.1 Å². The van der Waals surface area contributed by atoms with Gasteiger partial charge in [0.2, 0.25) is 0 Å². The van der Waals surface area contributed by atoms with E-state index in [9.17, 15) is 21.6 Å². The number of para-hydroxylation sites is 1. The summed E-state index contributed by atoms with van der Waals surface area (Å²) in [5.41, 5.74) is -5.29. The molecule has 0 spiro atoms. The molecule has 118 valence electrons. The summed E-state index contributed by atoms with van der Waals surface area (Å²) >= 11 is 3.54. The van der Waals surface area contributed by atoms with Crippen molar-refractivity contribution in [2.24, 2.45) is 0 Å². The molecule has 21 heavy (non-hydrogen) atoms. The lowest BCUT2D eigenvalue weighted by Crippen LogP contribution is -2.26. The molecule has 1 N–H and O–H groups in total. The summed E-state index contributed by atoms with van der Waals surface area (Å²) in [5.74, 6) is 2.98. The van der Waals surface area contributed by atoms with Gasteiger partial charge in [0, 0.05) is 29.1 Å². The van der Waals surface area contributed by atoms with Crippen LogP contribution >= 0.6 is 23.5 Å². The zero-order valence-corrected chi connectivity index (χ0v) is 13.3. The van der Waals surface area contributed by atoms with Crippen molar-refractivity contribution in [3.63, 3.8) is 0 Å². The van der Waals surface area contributed by atoms with Gasteiger partial charge in [-0.1, -0.05) is 12.1 Å². The lowest BCUT2D eigenvalue weighted by atomic mass is 10.3. The zero-order valence-electron chi connectivity index (χ0n) is 10.9. The van der Waals surface area contributed by atoms with Crippen LogP contribution in [0.15, 0.2) is 29.2 Å². The molecule has 0 aliphatic carbocycles. The van der Waals surface area contributed by atoms with Crippen LogP contribution < -0.4 is 5.32 Å². The monoisotopic (exact) mass is 357 g/mol. The summed E-state index contributed by atoms with van der Waals surface area (Å²) in [5, 5.41) is 3.12. The molecule has 0 aromatic heterocycles. The normalized spacial score (nSPS) is 20.2. The third kappa shape index (κ3) is 4.01. The van der Waals surface area contributed by atoms with E-state index < -0.39 is 20.2 Å². The SMILES string of the molecule is O=S(=O)(c1ccccc1NCC1CSCCS1)C(F)(F)F. The van der Waals surface area contributed by atoms with Crippen LogP contribution in [0.2, 0.25) is 0 Å². The van der Waals surface area contributed by atoms with Crippen LogP contribution in [0.3, 0.4) is 0 Å². The first-order valence-electron chi connectivity index (χ1n) is 6.16. The van der Waals surface area contributed by atoms with Crippen molar-refractivity contribution in [3.05, 3.63) is 24.3 Å². The van der Waals surface area contributed by atoms with E-state index in [-0.39, 0.29) is 10.9 Å². The van der Waals surface area contributed by atoms with E-state index in [1.165, 1.54) is 18.2 Å². The third-order valence-corrected chi connectivity index (χ3v) is 7.28. The molecule has 0 amide bonds. The molecule has 1 atom stereocenters. The van der Waals surface area contributed by atoms with Crippen molar-refractivity contribution in [1.29, 1.82) is 0 Å². The number of hydrogen-bond acceptors (Lipinski definition) is 5. The van der Waals surface area contributed by atoms with E-state index in [2.05, 4.69) is 5.32 Å². The van der Waals surface area contributed by atoms with E-state index >= 15 is 0 Å². The highest BCUT2D eigenvalue weighted by atomic mass is 32.2. The fourth-order valence-electron chi connectivity index (χ4n) is 1.85. The van der Waals surface area contributed by atoms with Crippen LogP contribution in [0.5, 0.6) is 0 Å². The van der Waals surface area contributed by atoms with Crippen LogP contribution in [-0.2, 0) is 9.84 Å². The number of anilines is 1. The predicted molar refractivity (Wildman–Crippen MR) is 81.7 cm³/mol. The van der Waals surface area contributed by atoms with Gasteiger partial charge in [0.25, 0.3) is 9.84 Å². The quantitative estimate of drug-likeness (QED) is 0.896. The molecule has 1 unspecified atom stereocenters. The Balaban J connectivity index is 2.17. The van der Waals surface area contributed by atoms with Gasteiger partial charge >= 0.3 is 5.51 Å². The maximum atomic E-state index is 12.7. The molecule has 1 heterocycles. The lowest BCUT2D eigenvalue weighted by Gasteiger charge is -2.22. The maximum absolute atomic E-state index is 12.7. The van der Waals surface area contributed by atoms with Gasteiger partial charge < -0.3 is 5.32 Å². The third-order valence-electron chi connectivity index (χ3n) is 2.89. The summed E-state index contributed by atoms with van der Waals surface area (Å²) < 4.78 is 61.1. The lowest BCUT2D eigenvalue weighted by molar-refractivity contribution is -0.0435. The Morgan fingerprint density at radius 1 is 1.24 bits per heavy atom. The second-order valence-corrected chi connectivity index (χ2v) is 8.86. The molecule has 1 aromatic carbocycles. The molecule has 0 radical (unpaired) electrons. The zero-order chi connectivity index (χ0) is 15.5. The number of halogens is 3. The van der Waals surface area contributed by atoms with E-state index in [0.717, 1.165) is 23.3 Å². The highest BCUT2D eigenvalue weighted by molar-refractivity contribution is 8.06. The first kappa shape index (κ1) is 16.8. The average molecular weight is 357 g/mol. The Kier molecular flexibility index (Phi) is 5.37. The number of nitrogens with one attached hydrogen (secondary N) is 1. The molecule has 1 aromatic rings. The van der Waals surface area contributed by atoms with E-state index in [0.29, 0.717) is 6.54 Å². The maximum Gasteiger partial charge on any atom is 0.501 e. The van der Waals surface area contributed by atoms with Crippen molar-refractivity contribution in [2.45, 2.75) is 15.7 Å². The van der Waals surface area contributed by atoms with Crippen LogP contribution in [0.25, 0.3) is 0 Å². The van der Waals surface area contributed by atoms with Gasteiger partial charge in [-0.2, -0.15) is 36.7 Å². The van der Waals surface area contributed by atoms with E-state index in [1.807, 2.05) is 0 Å². The fourth-order valence-corrected chi connectivity index (χ4v) is 5.40. The number of hydrogen-bond donors (Lipinski definition) is 1. The first-order chi connectivity index (χ1) is 9.82. The second-order valence-electron chi connectivity index (χ2n) is 4.39. The van der Waals surface area contributed by atoms with Crippen LogP contribution in [-0.4, -0.2) is 43.0 Å². The Morgan fingerprint density at radius 3 is 2.57 bits per heavy atom. The van der Waals surface area contributed by atoms with Gasteiger partial charge in [-0.25, -0.2) is 8.42 Å². The number of benzene rings is 1. The van der Waals surface area contributed by atoms with Crippen molar-refractivity contribution < 1.29 is 21.6 Å². The Morgan fingerprint density at radius 2 is 1.95 bits per heavy atom. The summed E-state index contributed by atoms with van der Waals surface area (Å²) in [6.07, 6.45) is 0. The molecule has 1 fully saturated rings. The highest BCUT2D eigenvalue weighted by Crippen LogP contribution is 2.34. The number of rotatable bonds is 4.